The van der Waals surface area contributed by atoms with Gasteiger partial charge in [0.15, 0.2) is 0 Å². The minimum Gasteiger partial charge on any atom is -0.389 e. The van der Waals surface area contributed by atoms with Crippen LogP contribution in [0.5, 0.6) is 0 Å². The van der Waals surface area contributed by atoms with E-state index in [1.54, 1.807) is 0 Å². The lowest BCUT2D eigenvalue weighted by molar-refractivity contribution is 0.0336. The van der Waals surface area contributed by atoms with Crippen LogP contribution in [-0.2, 0) is 11.2 Å². The summed E-state index contributed by atoms with van der Waals surface area (Å²) in [5, 5.41) is 15.7. The zero-order valence-corrected chi connectivity index (χ0v) is 14.3. The minimum atomic E-state index is -0.662. The third-order valence-corrected chi connectivity index (χ3v) is 4.97. The highest BCUT2D eigenvalue weighted by Gasteiger charge is 2.27. The average molecular weight is 332 g/mol. The number of ether oxygens (including phenoxy) is 1. The van der Waals surface area contributed by atoms with Gasteiger partial charge in [-0.2, -0.15) is 0 Å². The average Bonchev–Trinajstić information content (AvgIpc) is 3.40. The van der Waals surface area contributed by atoms with E-state index in [1.165, 1.54) is 24.0 Å². The molecule has 2 aliphatic carbocycles. The van der Waals surface area contributed by atoms with Crippen molar-refractivity contribution in [1.29, 1.82) is 0 Å². The molecule has 1 fully saturated rings. The molecule has 24 heavy (non-hydrogen) atoms. The normalized spacial score (nSPS) is 24.1. The van der Waals surface area contributed by atoms with Gasteiger partial charge in [0.2, 0.25) is 0 Å². The van der Waals surface area contributed by atoms with E-state index in [1.807, 2.05) is 12.1 Å². The molecular formula is C19H28N2O3. The first-order valence-electron chi connectivity index (χ1n) is 9.01. The van der Waals surface area contributed by atoms with Crippen molar-refractivity contribution >= 4 is 6.03 Å². The molecular weight excluding hydrogens is 304 g/mol. The van der Waals surface area contributed by atoms with Crippen LogP contribution < -0.4 is 10.6 Å². The Kier molecular flexibility index (Phi) is 5.74. The lowest BCUT2D eigenvalue weighted by Crippen LogP contribution is -2.44. The molecule has 0 heterocycles. The summed E-state index contributed by atoms with van der Waals surface area (Å²) < 4.78 is 5.44. The van der Waals surface area contributed by atoms with Gasteiger partial charge < -0.3 is 20.5 Å². The van der Waals surface area contributed by atoms with Gasteiger partial charge in [0.25, 0.3) is 0 Å². The number of urea groups is 1. The number of rotatable bonds is 7. The molecule has 3 rings (SSSR count). The fraction of sp³-hybridized carbons (Fsp3) is 0.632. The number of aryl methyl sites for hydroxylation is 1. The highest BCUT2D eigenvalue weighted by atomic mass is 16.5. The van der Waals surface area contributed by atoms with Crippen molar-refractivity contribution in [2.75, 3.05) is 19.8 Å². The fourth-order valence-electron chi connectivity index (χ4n) is 3.26. The van der Waals surface area contributed by atoms with Gasteiger partial charge in [0, 0.05) is 13.2 Å². The SMILES string of the molecule is CC1CCc2ccccc2C1NC(=O)NCC(O)COCC1CC1. The molecule has 3 N–H and O–H groups in total. The zero-order valence-electron chi connectivity index (χ0n) is 14.3. The van der Waals surface area contributed by atoms with Crippen LogP contribution in [0, 0.1) is 11.8 Å². The van der Waals surface area contributed by atoms with E-state index in [9.17, 15) is 9.90 Å². The number of nitrogens with one attached hydrogen (secondary N) is 2. The maximum absolute atomic E-state index is 12.2. The summed E-state index contributed by atoms with van der Waals surface area (Å²) in [5.74, 6) is 1.08. The molecule has 0 spiro atoms. The predicted octanol–water partition coefficient (Wildman–Crippen LogP) is 2.40. The van der Waals surface area contributed by atoms with Gasteiger partial charge in [-0.05, 0) is 48.6 Å². The lowest BCUT2D eigenvalue weighted by Gasteiger charge is -2.32. The van der Waals surface area contributed by atoms with E-state index >= 15 is 0 Å². The monoisotopic (exact) mass is 332 g/mol. The lowest BCUT2D eigenvalue weighted by atomic mass is 9.81. The molecule has 0 saturated heterocycles. The Labute approximate surface area is 143 Å². The highest BCUT2D eigenvalue weighted by Crippen LogP contribution is 2.33. The molecule has 0 radical (unpaired) electrons. The van der Waals surface area contributed by atoms with E-state index in [4.69, 9.17) is 4.74 Å². The standard InChI is InChI=1S/C19H28N2O3/c1-13-6-9-15-4-2-3-5-17(15)18(13)21-19(23)20-10-16(22)12-24-11-14-7-8-14/h2-5,13-14,16,18,22H,6-12H2,1H3,(H2,20,21,23). The van der Waals surface area contributed by atoms with Gasteiger partial charge in [-0.15, -0.1) is 0 Å². The van der Waals surface area contributed by atoms with E-state index in [0.717, 1.165) is 19.4 Å². The number of hydrogen-bond acceptors (Lipinski definition) is 3. The number of benzene rings is 1. The fourth-order valence-corrected chi connectivity index (χ4v) is 3.26. The summed E-state index contributed by atoms with van der Waals surface area (Å²) in [4.78, 5) is 12.2. The maximum atomic E-state index is 12.2. The molecule has 3 unspecified atom stereocenters. The summed E-state index contributed by atoms with van der Waals surface area (Å²) in [7, 11) is 0. The highest BCUT2D eigenvalue weighted by molar-refractivity contribution is 5.74. The van der Waals surface area contributed by atoms with Gasteiger partial charge in [-0.1, -0.05) is 31.2 Å². The molecule has 3 atom stereocenters. The summed E-state index contributed by atoms with van der Waals surface area (Å²) in [6.07, 6.45) is 3.94. The van der Waals surface area contributed by atoms with E-state index in [-0.39, 0.29) is 25.2 Å². The van der Waals surface area contributed by atoms with Crippen molar-refractivity contribution in [2.24, 2.45) is 11.8 Å². The Morgan fingerprint density at radius 2 is 2.12 bits per heavy atom. The Bertz CT molecular complexity index is 559. The van der Waals surface area contributed by atoms with E-state index in [2.05, 4.69) is 29.7 Å². The largest absolute Gasteiger partial charge is 0.389 e. The first kappa shape index (κ1) is 17.2. The van der Waals surface area contributed by atoms with Gasteiger partial charge in [0.1, 0.15) is 0 Å². The van der Waals surface area contributed by atoms with Gasteiger partial charge in [0.05, 0.1) is 18.8 Å². The number of hydrogen-bond donors (Lipinski definition) is 3. The second kappa shape index (κ2) is 7.99. The molecule has 132 valence electrons. The third kappa shape index (κ3) is 4.71. The maximum Gasteiger partial charge on any atom is 0.315 e. The number of aliphatic hydroxyl groups is 1. The molecule has 0 bridgehead atoms. The Balaban J connectivity index is 1.44. The zero-order chi connectivity index (χ0) is 16.9. The second-order valence-corrected chi connectivity index (χ2v) is 7.18. The van der Waals surface area contributed by atoms with E-state index < -0.39 is 6.10 Å². The Morgan fingerprint density at radius 3 is 2.92 bits per heavy atom. The van der Waals surface area contributed by atoms with Crippen molar-refractivity contribution in [3.05, 3.63) is 35.4 Å². The van der Waals surface area contributed by atoms with Crippen molar-refractivity contribution in [1.82, 2.24) is 10.6 Å². The van der Waals surface area contributed by atoms with Crippen molar-refractivity contribution in [3.63, 3.8) is 0 Å². The molecule has 2 aliphatic rings. The topological polar surface area (TPSA) is 70.6 Å². The number of carbonyl (C=O) groups is 1. The van der Waals surface area contributed by atoms with Gasteiger partial charge in [-0.25, -0.2) is 4.79 Å². The molecule has 2 amide bonds. The molecule has 1 aromatic rings. The minimum absolute atomic E-state index is 0.0261. The molecule has 5 heteroatoms. The van der Waals surface area contributed by atoms with Crippen molar-refractivity contribution in [2.45, 2.75) is 44.8 Å². The number of amides is 2. The summed E-state index contributed by atoms with van der Waals surface area (Å²) in [5.41, 5.74) is 2.52. The third-order valence-electron chi connectivity index (χ3n) is 4.97. The summed E-state index contributed by atoms with van der Waals surface area (Å²) >= 11 is 0. The number of carbonyl (C=O) groups excluding carboxylic acids is 1. The smallest absolute Gasteiger partial charge is 0.315 e. The molecule has 1 saturated carbocycles. The first-order chi connectivity index (χ1) is 11.6. The van der Waals surface area contributed by atoms with Gasteiger partial charge in [-0.3, -0.25) is 0 Å². The molecule has 0 aromatic heterocycles. The van der Waals surface area contributed by atoms with Crippen LogP contribution in [-0.4, -0.2) is 37.0 Å². The molecule has 1 aromatic carbocycles. The molecule has 0 aliphatic heterocycles. The van der Waals surface area contributed by atoms with Crippen LogP contribution in [0.4, 0.5) is 4.79 Å². The number of aliphatic hydroxyl groups excluding tert-OH is 1. The summed E-state index contributed by atoms with van der Waals surface area (Å²) in [6, 6.07) is 8.09. The predicted molar refractivity (Wildman–Crippen MR) is 92.8 cm³/mol. The van der Waals surface area contributed by atoms with Crippen LogP contribution in [0.2, 0.25) is 0 Å². The Hall–Kier alpha value is -1.59. The van der Waals surface area contributed by atoms with Crippen LogP contribution in [0.15, 0.2) is 24.3 Å². The number of fused-ring (bicyclic) bond motifs is 1. The van der Waals surface area contributed by atoms with Crippen LogP contribution >= 0.6 is 0 Å². The first-order valence-corrected chi connectivity index (χ1v) is 9.01. The van der Waals surface area contributed by atoms with Gasteiger partial charge >= 0.3 is 6.03 Å². The van der Waals surface area contributed by atoms with Crippen LogP contribution in [0.25, 0.3) is 0 Å². The second-order valence-electron chi connectivity index (χ2n) is 7.18. The van der Waals surface area contributed by atoms with Crippen LogP contribution in [0.1, 0.15) is 43.4 Å². The Morgan fingerprint density at radius 1 is 1.33 bits per heavy atom. The summed E-state index contributed by atoms with van der Waals surface area (Å²) in [6.45, 7) is 3.37. The molecule has 5 nitrogen and oxygen atoms in total. The van der Waals surface area contributed by atoms with Crippen molar-refractivity contribution < 1.29 is 14.6 Å². The quantitative estimate of drug-likeness (QED) is 0.718. The van der Waals surface area contributed by atoms with E-state index in [0.29, 0.717) is 11.8 Å². The van der Waals surface area contributed by atoms with Crippen molar-refractivity contribution in [3.8, 4) is 0 Å². The van der Waals surface area contributed by atoms with Crippen LogP contribution in [0.3, 0.4) is 0 Å².